The number of anilines is 1. The van der Waals surface area contributed by atoms with Crippen LogP contribution in [0.1, 0.15) is 29.9 Å². The Bertz CT molecular complexity index is 934. The first-order valence-electron chi connectivity index (χ1n) is 7.78. The monoisotopic (exact) mass is 359 g/mol. The highest BCUT2D eigenvalue weighted by Gasteiger charge is 2.18. The van der Waals surface area contributed by atoms with Crippen LogP contribution < -0.4 is 10.1 Å². The van der Waals surface area contributed by atoms with Crippen molar-refractivity contribution >= 4 is 34.4 Å². The lowest BCUT2D eigenvalue weighted by Crippen LogP contribution is -2.14. The number of carbonyl (C=O) groups is 1. The highest BCUT2D eigenvalue weighted by molar-refractivity contribution is 6.39. The minimum Gasteiger partial charge on any atom is -0.489 e. The van der Waals surface area contributed by atoms with E-state index >= 15 is 0 Å². The van der Waals surface area contributed by atoms with Crippen LogP contribution in [0.5, 0.6) is 5.75 Å². The van der Waals surface area contributed by atoms with E-state index < -0.39 is 0 Å². The molecule has 8 heteroatoms. The van der Waals surface area contributed by atoms with Gasteiger partial charge in [0.15, 0.2) is 5.65 Å². The van der Waals surface area contributed by atoms with Gasteiger partial charge in [0.25, 0.3) is 5.91 Å². The Morgan fingerprint density at radius 3 is 2.68 bits per heavy atom. The molecule has 3 heterocycles. The normalized spacial score (nSPS) is 11.1. The van der Waals surface area contributed by atoms with Crippen molar-refractivity contribution in [3.63, 3.8) is 0 Å². The van der Waals surface area contributed by atoms with E-state index in [4.69, 9.17) is 16.3 Å². The third-order valence-corrected chi connectivity index (χ3v) is 3.95. The molecule has 1 amide bonds. The van der Waals surface area contributed by atoms with Crippen LogP contribution in [0.25, 0.3) is 11.0 Å². The van der Waals surface area contributed by atoms with E-state index in [0.717, 1.165) is 5.69 Å². The van der Waals surface area contributed by atoms with Crippen LogP contribution in [0.3, 0.4) is 0 Å². The third-order valence-electron chi connectivity index (χ3n) is 3.56. The Morgan fingerprint density at radius 1 is 1.28 bits per heavy atom. The average Bonchev–Trinajstić information content (AvgIpc) is 2.84. The summed E-state index contributed by atoms with van der Waals surface area (Å²) in [7, 11) is 1.78. The molecule has 0 aliphatic heterocycles. The summed E-state index contributed by atoms with van der Waals surface area (Å²) in [5, 5.41) is 7.99. The fraction of sp³-hybridized carbons (Fsp3) is 0.294. The first kappa shape index (κ1) is 17.2. The summed E-state index contributed by atoms with van der Waals surface area (Å²) >= 11 is 6.41. The van der Waals surface area contributed by atoms with Crippen molar-refractivity contribution in [2.45, 2.75) is 26.9 Å². The van der Waals surface area contributed by atoms with Gasteiger partial charge in [0.1, 0.15) is 11.6 Å². The van der Waals surface area contributed by atoms with E-state index in [1.807, 2.05) is 20.8 Å². The number of nitrogens with one attached hydrogen (secondary N) is 1. The minimum absolute atomic E-state index is 0.0570. The summed E-state index contributed by atoms with van der Waals surface area (Å²) in [5.41, 5.74) is 1.62. The average molecular weight is 360 g/mol. The number of amides is 1. The number of fused-ring (bicyclic) bond motifs is 1. The number of rotatable bonds is 4. The molecular formula is C17H18ClN5O2. The largest absolute Gasteiger partial charge is 0.489 e. The first-order valence-corrected chi connectivity index (χ1v) is 8.16. The Balaban J connectivity index is 1.85. The molecule has 0 bridgehead atoms. The van der Waals surface area contributed by atoms with Crippen LogP contribution in [-0.4, -0.2) is 31.8 Å². The van der Waals surface area contributed by atoms with Crippen molar-refractivity contribution in [1.29, 1.82) is 0 Å². The number of hydrogen-bond acceptors (Lipinski definition) is 5. The van der Waals surface area contributed by atoms with Gasteiger partial charge in [0.2, 0.25) is 0 Å². The number of aryl methyl sites for hydroxylation is 2. The second kappa shape index (κ2) is 6.68. The van der Waals surface area contributed by atoms with E-state index in [0.29, 0.717) is 27.6 Å². The smallest absolute Gasteiger partial charge is 0.259 e. The highest BCUT2D eigenvalue weighted by Crippen LogP contribution is 2.28. The van der Waals surface area contributed by atoms with Gasteiger partial charge in [-0.3, -0.25) is 9.48 Å². The summed E-state index contributed by atoms with van der Waals surface area (Å²) in [6.45, 7) is 5.69. The van der Waals surface area contributed by atoms with E-state index in [1.165, 1.54) is 6.20 Å². The quantitative estimate of drug-likeness (QED) is 0.772. The van der Waals surface area contributed by atoms with Gasteiger partial charge in [-0.25, -0.2) is 9.97 Å². The molecule has 7 nitrogen and oxygen atoms in total. The Kier molecular flexibility index (Phi) is 4.59. The maximum atomic E-state index is 12.5. The number of carbonyl (C=O) groups excluding carboxylic acids is 1. The lowest BCUT2D eigenvalue weighted by molar-refractivity contribution is 0.102. The second-order valence-electron chi connectivity index (χ2n) is 5.89. The van der Waals surface area contributed by atoms with E-state index in [2.05, 4.69) is 20.4 Å². The molecule has 0 atom stereocenters. The third kappa shape index (κ3) is 3.41. The van der Waals surface area contributed by atoms with Gasteiger partial charge in [-0.05, 0) is 32.9 Å². The van der Waals surface area contributed by atoms with Gasteiger partial charge in [-0.1, -0.05) is 11.6 Å². The van der Waals surface area contributed by atoms with Crippen molar-refractivity contribution in [1.82, 2.24) is 19.7 Å². The lowest BCUT2D eigenvalue weighted by atomic mass is 10.2. The molecule has 3 rings (SSSR count). The Morgan fingerprint density at radius 2 is 2.04 bits per heavy atom. The predicted octanol–water partition coefficient (Wildman–Crippen LogP) is 3.36. The van der Waals surface area contributed by atoms with E-state index in [-0.39, 0.29) is 17.6 Å². The van der Waals surface area contributed by atoms with Crippen molar-refractivity contribution in [3.8, 4) is 5.75 Å². The number of halogens is 1. The van der Waals surface area contributed by atoms with Gasteiger partial charge in [0, 0.05) is 13.2 Å². The summed E-state index contributed by atoms with van der Waals surface area (Å²) in [4.78, 5) is 21.0. The molecule has 0 fully saturated rings. The van der Waals surface area contributed by atoms with Gasteiger partial charge >= 0.3 is 0 Å². The zero-order valence-electron chi connectivity index (χ0n) is 14.4. The molecule has 0 unspecified atom stereocenters. The van der Waals surface area contributed by atoms with Gasteiger partial charge in [0.05, 0.1) is 34.0 Å². The topological polar surface area (TPSA) is 81.9 Å². The van der Waals surface area contributed by atoms with Crippen molar-refractivity contribution in [3.05, 3.63) is 40.8 Å². The van der Waals surface area contributed by atoms with Crippen molar-refractivity contribution in [2.24, 2.45) is 7.05 Å². The SMILES string of the molecule is Cc1nn(C)c2ncc(C(=O)Nc3ccc(OC(C)C)cn3)c(Cl)c12. The van der Waals surface area contributed by atoms with Crippen molar-refractivity contribution < 1.29 is 9.53 Å². The van der Waals surface area contributed by atoms with Crippen LogP contribution in [0.2, 0.25) is 5.02 Å². The number of ether oxygens (including phenoxy) is 1. The first-order chi connectivity index (χ1) is 11.9. The predicted molar refractivity (Wildman–Crippen MR) is 96.2 cm³/mol. The molecule has 0 aromatic carbocycles. The van der Waals surface area contributed by atoms with Gasteiger partial charge in [-0.2, -0.15) is 5.10 Å². The van der Waals surface area contributed by atoms with Crippen LogP contribution in [0, 0.1) is 6.92 Å². The molecule has 130 valence electrons. The number of hydrogen-bond donors (Lipinski definition) is 1. The number of aromatic nitrogens is 4. The fourth-order valence-electron chi connectivity index (χ4n) is 2.51. The molecule has 0 saturated carbocycles. The standard InChI is InChI=1S/C17H18ClN5O2/c1-9(2)25-11-5-6-13(19-7-11)21-17(24)12-8-20-16-14(15(12)18)10(3)22-23(16)4/h5-9H,1-4H3,(H,19,21,24). The van der Waals surface area contributed by atoms with Crippen molar-refractivity contribution in [2.75, 3.05) is 5.32 Å². The molecule has 0 saturated heterocycles. The zero-order chi connectivity index (χ0) is 18.1. The van der Waals surface area contributed by atoms with E-state index in [9.17, 15) is 4.79 Å². The molecule has 25 heavy (non-hydrogen) atoms. The lowest BCUT2D eigenvalue weighted by Gasteiger charge is -2.10. The zero-order valence-corrected chi connectivity index (χ0v) is 15.1. The summed E-state index contributed by atoms with van der Waals surface area (Å²) < 4.78 is 7.16. The second-order valence-corrected chi connectivity index (χ2v) is 6.27. The minimum atomic E-state index is -0.382. The summed E-state index contributed by atoms with van der Waals surface area (Å²) in [6.07, 6.45) is 3.06. The molecule has 0 aliphatic carbocycles. The van der Waals surface area contributed by atoms with Gasteiger partial charge in [-0.15, -0.1) is 0 Å². The van der Waals surface area contributed by atoms with Crippen LogP contribution in [0.15, 0.2) is 24.5 Å². The van der Waals surface area contributed by atoms with Crippen LogP contribution >= 0.6 is 11.6 Å². The summed E-state index contributed by atoms with van der Waals surface area (Å²) in [6, 6.07) is 3.42. The van der Waals surface area contributed by atoms with Crippen LogP contribution in [0.4, 0.5) is 5.82 Å². The molecule has 0 aliphatic rings. The Hall–Kier alpha value is -2.67. The molecule has 1 N–H and O–H groups in total. The highest BCUT2D eigenvalue weighted by atomic mass is 35.5. The Labute approximate surface area is 150 Å². The van der Waals surface area contributed by atoms with Gasteiger partial charge < -0.3 is 10.1 Å². The molecule has 3 aromatic rings. The molecular weight excluding hydrogens is 342 g/mol. The maximum Gasteiger partial charge on any atom is 0.259 e. The molecule has 3 aromatic heterocycles. The number of nitrogens with zero attached hydrogens (tertiary/aromatic N) is 4. The van der Waals surface area contributed by atoms with Crippen LogP contribution in [-0.2, 0) is 7.05 Å². The molecule has 0 radical (unpaired) electrons. The summed E-state index contributed by atoms with van der Waals surface area (Å²) in [5.74, 6) is 0.660. The number of pyridine rings is 2. The molecule has 0 spiro atoms. The van der Waals surface area contributed by atoms with E-state index in [1.54, 1.807) is 30.1 Å². The fourth-order valence-corrected chi connectivity index (χ4v) is 2.86. The maximum absolute atomic E-state index is 12.5.